The Balaban J connectivity index is 1.83. The second-order valence-corrected chi connectivity index (χ2v) is 4.79. The van der Waals surface area contributed by atoms with Gasteiger partial charge in [0.25, 0.3) is 5.91 Å². The molecule has 0 unspecified atom stereocenters. The Bertz CT molecular complexity index is 569. The van der Waals surface area contributed by atoms with Gasteiger partial charge in [-0.2, -0.15) is 5.10 Å². The predicted molar refractivity (Wildman–Crippen MR) is 77.8 cm³/mol. The molecule has 0 aliphatic heterocycles. The van der Waals surface area contributed by atoms with Crippen LogP contribution in [0.15, 0.2) is 30.6 Å². The van der Waals surface area contributed by atoms with Gasteiger partial charge in [0.15, 0.2) is 0 Å². The van der Waals surface area contributed by atoms with Crippen molar-refractivity contribution in [1.29, 1.82) is 0 Å². The lowest BCUT2D eigenvalue weighted by atomic mass is 10.2. The molecule has 0 atom stereocenters. The summed E-state index contributed by atoms with van der Waals surface area (Å²) in [4.78, 5) is 16.1. The van der Waals surface area contributed by atoms with Crippen LogP contribution in [0, 0.1) is 0 Å². The topological polar surface area (TPSA) is 59.8 Å². The molecule has 106 valence electrons. The van der Waals surface area contributed by atoms with Crippen molar-refractivity contribution >= 4 is 17.5 Å². The zero-order chi connectivity index (χ0) is 14.4. The summed E-state index contributed by atoms with van der Waals surface area (Å²) in [5.74, 6) is -0.121. The third kappa shape index (κ3) is 4.06. The number of hydrogen-bond acceptors (Lipinski definition) is 3. The van der Waals surface area contributed by atoms with Crippen molar-refractivity contribution in [3.05, 3.63) is 47.0 Å². The maximum absolute atomic E-state index is 12.0. The van der Waals surface area contributed by atoms with E-state index in [1.54, 1.807) is 18.3 Å². The quantitative estimate of drug-likeness (QED) is 0.656. The number of carbonyl (C=O) groups excluding carboxylic acids is 1. The second kappa shape index (κ2) is 7.05. The van der Waals surface area contributed by atoms with Gasteiger partial charge in [-0.15, -0.1) is 0 Å². The van der Waals surface area contributed by atoms with Crippen LogP contribution in [0.4, 0.5) is 0 Å². The molecular formula is C14H17ClN4O. The molecule has 2 aromatic heterocycles. The van der Waals surface area contributed by atoms with Crippen molar-refractivity contribution in [2.75, 3.05) is 6.54 Å². The fraction of sp³-hybridized carbons (Fsp3) is 0.357. The molecule has 0 bridgehead atoms. The molecule has 2 aromatic rings. The van der Waals surface area contributed by atoms with Crippen LogP contribution in [-0.4, -0.2) is 27.2 Å². The van der Waals surface area contributed by atoms with Crippen molar-refractivity contribution in [3.63, 3.8) is 0 Å². The van der Waals surface area contributed by atoms with Crippen molar-refractivity contribution < 1.29 is 4.79 Å². The van der Waals surface area contributed by atoms with Crippen LogP contribution in [0.2, 0.25) is 5.15 Å². The summed E-state index contributed by atoms with van der Waals surface area (Å²) >= 11 is 5.90. The number of halogens is 1. The van der Waals surface area contributed by atoms with Crippen molar-refractivity contribution in [3.8, 4) is 0 Å². The van der Waals surface area contributed by atoms with Crippen LogP contribution in [-0.2, 0) is 13.0 Å². The Labute approximate surface area is 123 Å². The Hall–Kier alpha value is -1.88. The molecule has 0 saturated carbocycles. The molecule has 0 fully saturated rings. The molecule has 1 N–H and O–H groups in total. The number of aryl methyl sites for hydroxylation is 2. The zero-order valence-corrected chi connectivity index (χ0v) is 12.1. The molecule has 0 radical (unpaired) electrons. The van der Waals surface area contributed by atoms with Crippen LogP contribution in [0.5, 0.6) is 0 Å². The largest absolute Gasteiger partial charge is 0.352 e. The Morgan fingerprint density at radius 2 is 2.30 bits per heavy atom. The van der Waals surface area contributed by atoms with Gasteiger partial charge in [-0.05, 0) is 31.0 Å². The van der Waals surface area contributed by atoms with E-state index in [1.807, 2.05) is 23.9 Å². The van der Waals surface area contributed by atoms with Gasteiger partial charge in [-0.25, -0.2) is 4.98 Å². The smallest absolute Gasteiger partial charge is 0.251 e. The number of carbonyl (C=O) groups is 1. The van der Waals surface area contributed by atoms with Crippen LogP contribution >= 0.6 is 11.6 Å². The average molecular weight is 293 g/mol. The molecule has 0 saturated heterocycles. The van der Waals surface area contributed by atoms with Gasteiger partial charge < -0.3 is 5.32 Å². The first kappa shape index (κ1) is 14.5. The number of hydrogen-bond donors (Lipinski definition) is 1. The van der Waals surface area contributed by atoms with Gasteiger partial charge in [0.1, 0.15) is 5.15 Å². The highest BCUT2D eigenvalue weighted by atomic mass is 35.5. The van der Waals surface area contributed by atoms with Crippen molar-refractivity contribution in [2.24, 2.45) is 0 Å². The fourth-order valence-electron chi connectivity index (χ4n) is 1.84. The fourth-order valence-corrected chi connectivity index (χ4v) is 2.07. The van der Waals surface area contributed by atoms with Crippen molar-refractivity contribution in [1.82, 2.24) is 20.1 Å². The van der Waals surface area contributed by atoms with Crippen molar-refractivity contribution in [2.45, 2.75) is 26.3 Å². The zero-order valence-electron chi connectivity index (χ0n) is 11.3. The van der Waals surface area contributed by atoms with Gasteiger partial charge in [0, 0.05) is 36.7 Å². The highest BCUT2D eigenvalue weighted by Gasteiger charge is 2.08. The molecule has 0 aliphatic carbocycles. The molecule has 0 aliphatic rings. The first-order chi connectivity index (χ1) is 9.69. The van der Waals surface area contributed by atoms with E-state index in [0.717, 1.165) is 25.1 Å². The molecule has 20 heavy (non-hydrogen) atoms. The first-order valence-electron chi connectivity index (χ1n) is 6.61. The molecule has 2 heterocycles. The van der Waals surface area contributed by atoms with Gasteiger partial charge in [-0.1, -0.05) is 18.5 Å². The highest BCUT2D eigenvalue weighted by Crippen LogP contribution is 2.11. The molecule has 6 heteroatoms. The summed E-state index contributed by atoms with van der Waals surface area (Å²) in [5.41, 5.74) is 1.38. The maximum atomic E-state index is 12.0. The number of rotatable bonds is 6. The number of pyridine rings is 1. The van der Waals surface area contributed by atoms with Crippen LogP contribution in [0.1, 0.15) is 29.4 Å². The van der Waals surface area contributed by atoms with E-state index in [-0.39, 0.29) is 5.91 Å². The summed E-state index contributed by atoms with van der Waals surface area (Å²) in [5, 5.41) is 7.33. The Morgan fingerprint density at radius 3 is 3.00 bits per heavy atom. The highest BCUT2D eigenvalue weighted by molar-refractivity contribution is 6.29. The molecule has 0 spiro atoms. The number of aromatic nitrogens is 3. The minimum absolute atomic E-state index is 0.121. The molecule has 0 aromatic carbocycles. The van der Waals surface area contributed by atoms with Gasteiger partial charge in [-0.3, -0.25) is 9.48 Å². The lowest BCUT2D eigenvalue weighted by Crippen LogP contribution is -2.25. The third-order valence-electron chi connectivity index (χ3n) is 2.88. The number of nitrogens with one attached hydrogen (secondary N) is 1. The van der Waals surface area contributed by atoms with E-state index in [1.165, 1.54) is 0 Å². The van der Waals surface area contributed by atoms with Gasteiger partial charge in [0.2, 0.25) is 0 Å². The lowest BCUT2D eigenvalue weighted by molar-refractivity contribution is 0.0952. The molecule has 2 rings (SSSR count). The van der Waals surface area contributed by atoms with Crippen LogP contribution in [0.3, 0.4) is 0 Å². The van der Waals surface area contributed by atoms with E-state index in [0.29, 0.717) is 17.3 Å². The number of amides is 1. The monoisotopic (exact) mass is 292 g/mol. The minimum Gasteiger partial charge on any atom is -0.352 e. The third-order valence-corrected chi connectivity index (χ3v) is 3.07. The molecule has 5 nitrogen and oxygen atoms in total. The normalized spacial score (nSPS) is 10.5. The number of nitrogens with zero attached hydrogens (tertiary/aromatic N) is 3. The molecular weight excluding hydrogens is 276 g/mol. The maximum Gasteiger partial charge on any atom is 0.251 e. The molecule has 1 amide bonds. The summed E-state index contributed by atoms with van der Waals surface area (Å²) < 4.78 is 1.84. The summed E-state index contributed by atoms with van der Waals surface area (Å²) in [7, 11) is 0. The average Bonchev–Trinajstić information content (AvgIpc) is 2.95. The standard InChI is InChI=1S/C14H17ClN4O/c1-2-12-9-11(10-13(15)18-12)14(20)16-5-3-7-19-8-4-6-17-19/h4,6,8-10H,2-3,5,7H2,1H3,(H,16,20). The van der Waals surface area contributed by atoms with Crippen LogP contribution < -0.4 is 5.32 Å². The van der Waals surface area contributed by atoms with E-state index in [2.05, 4.69) is 15.4 Å². The second-order valence-electron chi connectivity index (χ2n) is 4.40. The van der Waals surface area contributed by atoms with Gasteiger partial charge >= 0.3 is 0 Å². The first-order valence-corrected chi connectivity index (χ1v) is 6.99. The van der Waals surface area contributed by atoms with E-state index < -0.39 is 0 Å². The lowest BCUT2D eigenvalue weighted by Gasteiger charge is -2.07. The SMILES string of the molecule is CCc1cc(C(=O)NCCCn2cccn2)cc(Cl)n1. The van der Waals surface area contributed by atoms with E-state index >= 15 is 0 Å². The summed E-state index contributed by atoms with van der Waals surface area (Å²) in [6.45, 7) is 3.36. The van der Waals surface area contributed by atoms with E-state index in [4.69, 9.17) is 11.6 Å². The Morgan fingerprint density at radius 1 is 1.45 bits per heavy atom. The van der Waals surface area contributed by atoms with Crippen LogP contribution in [0.25, 0.3) is 0 Å². The summed E-state index contributed by atoms with van der Waals surface area (Å²) in [6.07, 6.45) is 5.22. The van der Waals surface area contributed by atoms with E-state index in [9.17, 15) is 4.79 Å². The predicted octanol–water partition coefficient (Wildman–Crippen LogP) is 2.31. The summed E-state index contributed by atoms with van der Waals surface area (Å²) in [6, 6.07) is 5.24. The Kier molecular flexibility index (Phi) is 5.12. The minimum atomic E-state index is -0.121. The van der Waals surface area contributed by atoms with Gasteiger partial charge in [0.05, 0.1) is 0 Å².